The lowest BCUT2D eigenvalue weighted by atomic mass is 9.81. The molecule has 0 amide bonds. The first-order valence-corrected chi connectivity index (χ1v) is 5.84. The van der Waals surface area contributed by atoms with Gasteiger partial charge in [-0.1, -0.05) is 27.7 Å². The summed E-state index contributed by atoms with van der Waals surface area (Å²) < 4.78 is 25.5. The van der Waals surface area contributed by atoms with E-state index in [2.05, 4.69) is 0 Å². The van der Waals surface area contributed by atoms with Crippen molar-refractivity contribution < 1.29 is 13.6 Å². The minimum Gasteiger partial charge on any atom is -0.299 e. The van der Waals surface area contributed by atoms with Crippen molar-refractivity contribution in [1.29, 1.82) is 0 Å². The van der Waals surface area contributed by atoms with Crippen molar-refractivity contribution in [3.63, 3.8) is 0 Å². The van der Waals surface area contributed by atoms with Gasteiger partial charge < -0.3 is 0 Å². The molecular formula is C12H22F2O. The van der Waals surface area contributed by atoms with E-state index in [0.29, 0.717) is 12.8 Å². The second kappa shape index (κ2) is 6.19. The summed E-state index contributed by atoms with van der Waals surface area (Å²) in [5.41, 5.74) is 0. The van der Waals surface area contributed by atoms with Crippen LogP contribution in [-0.2, 0) is 4.79 Å². The van der Waals surface area contributed by atoms with E-state index < -0.39 is 5.92 Å². The molecule has 0 radical (unpaired) electrons. The number of hydrogen-bond acceptors (Lipinski definition) is 1. The maximum atomic E-state index is 12.7. The number of carbonyl (C=O) groups is 1. The Hall–Kier alpha value is -0.470. The number of carbonyl (C=O) groups excluding carboxylic acids is 1. The quantitative estimate of drug-likeness (QED) is 0.685. The van der Waals surface area contributed by atoms with Crippen molar-refractivity contribution in [2.45, 2.75) is 59.3 Å². The van der Waals surface area contributed by atoms with Gasteiger partial charge in [-0.15, -0.1) is 0 Å². The molecule has 0 bridgehead atoms. The Bertz CT molecular complexity index is 190. The largest absolute Gasteiger partial charge is 0.299 e. The highest BCUT2D eigenvalue weighted by Gasteiger charge is 2.37. The molecule has 1 fully saturated rings. The topological polar surface area (TPSA) is 17.1 Å². The van der Waals surface area contributed by atoms with E-state index in [0.717, 1.165) is 0 Å². The molecule has 15 heavy (non-hydrogen) atoms. The van der Waals surface area contributed by atoms with E-state index in [-0.39, 0.29) is 30.5 Å². The minimum absolute atomic E-state index is 0.0169. The van der Waals surface area contributed by atoms with E-state index in [1.807, 2.05) is 27.7 Å². The van der Waals surface area contributed by atoms with Gasteiger partial charge in [-0.05, 0) is 12.8 Å². The number of hydrogen-bond donors (Lipinski definition) is 0. The molecule has 1 rings (SSSR count). The molecule has 0 spiro atoms. The van der Waals surface area contributed by atoms with E-state index in [1.54, 1.807) is 0 Å². The van der Waals surface area contributed by atoms with Crippen LogP contribution >= 0.6 is 0 Å². The summed E-state index contributed by atoms with van der Waals surface area (Å²) in [5.74, 6) is -2.50. The first-order chi connectivity index (χ1) is 6.92. The molecule has 1 saturated carbocycles. The molecule has 0 saturated heterocycles. The van der Waals surface area contributed by atoms with E-state index in [9.17, 15) is 13.6 Å². The number of Topliss-reactive ketones (excluding diaryl/α,β-unsaturated/α-hetero) is 1. The van der Waals surface area contributed by atoms with Gasteiger partial charge in [-0.3, -0.25) is 4.79 Å². The third-order valence-electron chi connectivity index (χ3n) is 2.69. The Kier molecular flexibility index (Phi) is 5.99. The fourth-order valence-electron chi connectivity index (χ4n) is 1.80. The summed E-state index contributed by atoms with van der Waals surface area (Å²) in [7, 11) is 0. The maximum absolute atomic E-state index is 12.7. The predicted molar refractivity (Wildman–Crippen MR) is 58.1 cm³/mol. The molecule has 0 aromatic carbocycles. The SMILES string of the molecule is CC.CC(C)C(=O)C1CCC(F)(F)CC1. The lowest BCUT2D eigenvalue weighted by Crippen LogP contribution is -2.30. The molecule has 0 aromatic rings. The van der Waals surface area contributed by atoms with Gasteiger partial charge in [0.25, 0.3) is 0 Å². The second-order valence-corrected chi connectivity index (χ2v) is 4.19. The summed E-state index contributed by atoms with van der Waals surface area (Å²) in [6, 6.07) is 0. The van der Waals surface area contributed by atoms with Crippen LogP contribution in [0.5, 0.6) is 0 Å². The van der Waals surface area contributed by atoms with Gasteiger partial charge in [-0.2, -0.15) is 0 Å². The standard InChI is InChI=1S/C10H16F2O.C2H6/c1-7(2)9(13)8-3-5-10(11,12)6-4-8;1-2/h7-8H,3-6H2,1-2H3;1-2H3. The van der Waals surface area contributed by atoms with Crippen molar-refractivity contribution in [3.8, 4) is 0 Å². The smallest absolute Gasteiger partial charge is 0.248 e. The van der Waals surface area contributed by atoms with Crippen LogP contribution in [-0.4, -0.2) is 11.7 Å². The average Bonchev–Trinajstić information content (AvgIpc) is 2.20. The van der Waals surface area contributed by atoms with Crippen molar-refractivity contribution in [2.75, 3.05) is 0 Å². The zero-order chi connectivity index (χ0) is 12.1. The van der Waals surface area contributed by atoms with Gasteiger partial charge in [-0.25, -0.2) is 8.78 Å². The Morgan fingerprint density at radius 2 is 1.60 bits per heavy atom. The van der Waals surface area contributed by atoms with Crippen LogP contribution in [0.15, 0.2) is 0 Å². The molecule has 0 unspecified atom stereocenters. The average molecular weight is 220 g/mol. The fourth-order valence-corrected chi connectivity index (χ4v) is 1.80. The first-order valence-electron chi connectivity index (χ1n) is 5.84. The molecular weight excluding hydrogens is 198 g/mol. The van der Waals surface area contributed by atoms with Crippen LogP contribution in [0.4, 0.5) is 8.78 Å². The van der Waals surface area contributed by atoms with Gasteiger partial charge in [0.05, 0.1) is 0 Å². The number of alkyl halides is 2. The fraction of sp³-hybridized carbons (Fsp3) is 0.917. The highest BCUT2D eigenvalue weighted by Crippen LogP contribution is 2.37. The van der Waals surface area contributed by atoms with Crippen LogP contribution in [0.2, 0.25) is 0 Å². The molecule has 0 aliphatic heterocycles. The lowest BCUT2D eigenvalue weighted by Gasteiger charge is -2.28. The van der Waals surface area contributed by atoms with E-state index in [1.165, 1.54) is 0 Å². The van der Waals surface area contributed by atoms with Gasteiger partial charge in [0.1, 0.15) is 5.78 Å². The summed E-state index contributed by atoms with van der Waals surface area (Å²) in [4.78, 5) is 11.5. The summed E-state index contributed by atoms with van der Waals surface area (Å²) >= 11 is 0. The number of ketones is 1. The summed E-state index contributed by atoms with van der Waals surface area (Å²) in [6.45, 7) is 7.66. The van der Waals surface area contributed by atoms with Crippen molar-refractivity contribution >= 4 is 5.78 Å². The zero-order valence-electron chi connectivity index (χ0n) is 10.1. The Morgan fingerprint density at radius 1 is 1.20 bits per heavy atom. The van der Waals surface area contributed by atoms with Crippen molar-refractivity contribution in [3.05, 3.63) is 0 Å². The predicted octanol–water partition coefficient (Wildman–Crippen LogP) is 4.06. The Morgan fingerprint density at radius 3 is 1.93 bits per heavy atom. The van der Waals surface area contributed by atoms with Crippen LogP contribution in [0.25, 0.3) is 0 Å². The lowest BCUT2D eigenvalue weighted by molar-refractivity contribution is -0.129. The van der Waals surface area contributed by atoms with Crippen LogP contribution in [0, 0.1) is 11.8 Å². The minimum atomic E-state index is -2.52. The monoisotopic (exact) mass is 220 g/mol. The molecule has 0 N–H and O–H groups in total. The Balaban J connectivity index is 0.000000921. The van der Waals surface area contributed by atoms with Crippen LogP contribution in [0.3, 0.4) is 0 Å². The second-order valence-electron chi connectivity index (χ2n) is 4.19. The molecule has 1 aliphatic carbocycles. The van der Waals surface area contributed by atoms with Crippen LogP contribution in [0.1, 0.15) is 53.4 Å². The normalized spacial score (nSPS) is 20.7. The Labute approximate surface area is 91.2 Å². The molecule has 0 heterocycles. The summed E-state index contributed by atoms with van der Waals surface area (Å²) in [5, 5.41) is 0. The zero-order valence-corrected chi connectivity index (χ0v) is 10.1. The van der Waals surface area contributed by atoms with E-state index in [4.69, 9.17) is 0 Å². The van der Waals surface area contributed by atoms with Crippen LogP contribution < -0.4 is 0 Å². The molecule has 0 aromatic heterocycles. The van der Waals surface area contributed by atoms with Gasteiger partial charge >= 0.3 is 0 Å². The highest BCUT2D eigenvalue weighted by atomic mass is 19.3. The third-order valence-corrected chi connectivity index (χ3v) is 2.69. The number of rotatable bonds is 2. The molecule has 90 valence electrons. The van der Waals surface area contributed by atoms with Crippen molar-refractivity contribution in [2.24, 2.45) is 11.8 Å². The van der Waals surface area contributed by atoms with Gasteiger partial charge in [0, 0.05) is 24.7 Å². The first kappa shape index (κ1) is 14.5. The van der Waals surface area contributed by atoms with Gasteiger partial charge in [0.15, 0.2) is 0 Å². The van der Waals surface area contributed by atoms with E-state index >= 15 is 0 Å². The molecule has 1 nitrogen and oxygen atoms in total. The van der Waals surface area contributed by atoms with Crippen molar-refractivity contribution in [1.82, 2.24) is 0 Å². The highest BCUT2D eigenvalue weighted by molar-refractivity contribution is 5.82. The number of halogens is 2. The molecule has 0 atom stereocenters. The maximum Gasteiger partial charge on any atom is 0.248 e. The third kappa shape index (κ3) is 4.72. The molecule has 3 heteroatoms. The summed E-state index contributed by atoms with van der Waals surface area (Å²) in [6.07, 6.45) is 0.500. The van der Waals surface area contributed by atoms with Gasteiger partial charge in [0.2, 0.25) is 5.92 Å². The molecule has 1 aliphatic rings.